The van der Waals surface area contributed by atoms with Crippen molar-refractivity contribution in [1.29, 1.82) is 0 Å². The molecule has 0 amide bonds. The summed E-state index contributed by atoms with van der Waals surface area (Å²) >= 11 is 12.8. The van der Waals surface area contributed by atoms with E-state index in [9.17, 15) is 18.0 Å². The molecule has 0 aliphatic carbocycles. The van der Waals surface area contributed by atoms with E-state index in [1.807, 2.05) is 0 Å². The number of alkyl halides is 3. The summed E-state index contributed by atoms with van der Waals surface area (Å²) in [5.74, 6) is -0.212. The summed E-state index contributed by atoms with van der Waals surface area (Å²) in [6, 6.07) is 4.01. The topological polar surface area (TPSA) is 39.2 Å². The van der Waals surface area contributed by atoms with E-state index in [1.165, 1.54) is 6.07 Å². The minimum absolute atomic E-state index is 0.0519. The lowest BCUT2D eigenvalue weighted by Crippen LogP contribution is -2.06. The Morgan fingerprint density at radius 1 is 1.33 bits per heavy atom. The van der Waals surface area contributed by atoms with Crippen LogP contribution in [-0.4, -0.2) is 10.3 Å². The second-order valence-corrected chi connectivity index (χ2v) is 6.67. The van der Waals surface area contributed by atoms with Gasteiger partial charge in [-0.3, -0.25) is 0 Å². The van der Waals surface area contributed by atoms with Crippen LogP contribution in [0.15, 0.2) is 28.6 Å². The van der Waals surface area contributed by atoms with E-state index in [4.69, 9.17) is 27.9 Å². The van der Waals surface area contributed by atoms with Crippen LogP contribution in [0.4, 0.5) is 18.0 Å². The zero-order valence-corrected chi connectivity index (χ0v) is 12.9. The van der Waals surface area contributed by atoms with Gasteiger partial charge in [0, 0.05) is 11.8 Å². The van der Waals surface area contributed by atoms with Gasteiger partial charge in [-0.15, -0.1) is 0 Å². The summed E-state index contributed by atoms with van der Waals surface area (Å²) in [6.45, 7) is 0. The smallest absolute Gasteiger partial charge is 0.416 e. The van der Waals surface area contributed by atoms with Crippen molar-refractivity contribution < 1.29 is 22.7 Å². The molecule has 112 valence electrons. The SMILES string of the molecule is O=C(Oc1cccc(C(F)(F)F)c1)Sc1nc(Cl)c(Cl)s1. The Morgan fingerprint density at radius 3 is 2.62 bits per heavy atom. The largest absolute Gasteiger partial charge is 0.418 e. The molecule has 0 saturated carbocycles. The van der Waals surface area contributed by atoms with Crippen molar-refractivity contribution >= 4 is 51.6 Å². The molecule has 1 aromatic heterocycles. The number of ether oxygens (including phenoxy) is 1. The Balaban J connectivity index is 2.06. The summed E-state index contributed by atoms with van der Waals surface area (Å²) in [7, 11) is 0. The fourth-order valence-corrected chi connectivity index (χ4v) is 3.39. The quantitative estimate of drug-likeness (QED) is 0.495. The first-order chi connectivity index (χ1) is 9.75. The molecule has 3 nitrogen and oxygen atoms in total. The summed E-state index contributed by atoms with van der Waals surface area (Å²) in [6.07, 6.45) is -4.51. The number of hydrogen-bond acceptors (Lipinski definition) is 5. The maximum Gasteiger partial charge on any atom is 0.416 e. The first-order valence-electron chi connectivity index (χ1n) is 5.14. The van der Waals surface area contributed by atoms with Gasteiger partial charge in [0.1, 0.15) is 10.1 Å². The lowest BCUT2D eigenvalue weighted by molar-refractivity contribution is -0.137. The van der Waals surface area contributed by atoms with E-state index in [2.05, 4.69) is 4.98 Å². The average molecular weight is 374 g/mol. The number of thiazole rings is 1. The van der Waals surface area contributed by atoms with Crippen molar-refractivity contribution in [2.45, 2.75) is 10.5 Å². The highest BCUT2D eigenvalue weighted by molar-refractivity contribution is 8.14. The van der Waals surface area contributed by atoms with Crippen molar-refractivity contribution in [3.05, 3.63) is 39.3 Å². The van der Waals surface area contributed by atoms with Crippen molar-refractivity contribution in [3.8, 4) is 5.75 Å². The van der Waals surface area contributed by atoms with Crippen molar-refractivity contribution in [1.82, 2.24) is 4.98 Å². The number of thioether (sulfide) groups is 1. The van der Waals surface area contributed by atoms with Gasteiger partial charge < -0.3 is 4.74 Å². The number of hydrogen-bond donors (Lipinski definition) is 0. The highest BCUT2D eigenvalue weighted by atomic mass is 35.5. The summed E-state index contributed by atoms with van der Waals surface area (Å²) in [5, 5.41) is -0.785. The van der Waals surface area contributed by atoms with Crippen LogP contribution >= 0.6 is 46.3 Å². The second kappa shape index (κ2) is 6.43. The molecule has 0 atom stereocenters. The van der Waals surface area contributed by atoms with Gasteiger partial charge >= 0.3 is 11.5 Å². The maximum absolute atomic E-state index is 12.5. The standard InChI is InChI=1S/C11H4Cl2F3NO2S2/c12-7-8(13)20-9(17-7)21-10(18)19-6-3-1-2-5(4-6)11(14,15)16/h1-4H. The Bertz CT molecular complexity index is 656. The highest BCUT2D eigenvalue weighted by Crippen LogP contribution is 2.35. The molecule has 0 N–H and O–H groups in total. The normalized spacial score (nSPS) is 11.5. The Morgan fingerprint density at radius 2 is 2.05 bits per heavy atom. The molecule has 0 aliphatic heterocycles. The molecule has 0 fully saturated rings. The Kier molecular flexibility index (Phi) is 5.03. The highest BCUT2D eigenvalue weighted by Gasteiger charge is 2.30. The van der Waals surface area contributed by atoms with Crippen LogP contribution in [0.1, 0.15) is 5.56 Å². The van der Waals surface area contributed by atoms with Gasteiger partial charge in [-0.1, -0.05) is 40.6 Å². The number of halogens is 5. The predicted molar refractivity (Wildman–Crippen MR) is 75.5 cm³/mol. The fourth-order valence-electron chi connectivity index (χ4n) is 1.23. The van der Waals surface area contributed by atoms with Crippen molar-refractivity contribution in [2.24, 2.45) is 0 Å². The third-order valence-corrected chi connectivity index (χ3v) is 4.61. The fraction of sp³-hybridized carbons (Fsp3) is 0.0909. The lowest BCUT2D eigenvalue weighted by Gasteiger charge is -2.08. The molecule has 2 aromatic rings. The van der Waals surface area contributed by atoms with Gasteiger partial charge in [0.2, 0.25) is 0 Å². The molecular weight excluding hydrogens is 370 g/mol. The average Bonchev–Trinajstić information content (AvgIpc) is 2.67. The number of benzene rings is 1. The van der Waals surface area contributed by atoms with Crippen LogP contribution < -0.4 is 4.74 Å². The van der Waals surface area contributed by atoms with Gasteiger partial charge in [-0.25, -0.2) is 9.78 Å². The molecule has 1 aromatic carbocycles. The molecular formula is C11H4Cl2F3NO2S2. The van der Waals surface area contributed by atoms with Crippen LogP contribution in [0, 0.1) is 0 Å². The van der Waals surface area contributed by atoms with E-state index < -0.39 is 17.0 Å². The van der Waals surface area contributed by atoms with E-state index >= 15 is 0 Å². The number of aromatic nitrogens is 1. The van der Waals surface area contributed by atoms with Crippen LogP contribution in [-0.2, 0) is 6.18 Å². The molecule has 21 heavy (non-hydrogen) atoms. The summed E-state index contributed by atoms with van der Waals surface area (Å²) < 4.78 is 42.8. The maximum atomic E-state index is 12.5. The van der Waals surface area contributed by atoms with Crippen molar-refractivity contribution in [2.75, 3.05) is 0 Å². The van der Waals surface area contributed by atoms with Gasteiger partial charge in [0.15, 0.2) is 9.49 Å². The summed E-state index contributed by atoms with van der Waals surface area (Å²) in [5.41, 5.74) is -0.905. The molecule has 0 unspecified atom stereocenters. The molecule has 0 saturated heterocycles. The van der Waals surface area contributed by atoms with E-state index in [1.54, 1.807) is 0 Å². The monoisotopic (exact) mass is 373 g/mol. The molecule has 2 rings (SSSR count). The van der Waals surface area contributed by atoms with Crippen LogP contribution in [0.2, 0.25) is 9.49 Å². The molecule has 0 aliphatic rings. The zero-order valence-electron chi connectivity index (χ0n) is 9.78. The number of nitrogens with zero attached hydrogens (tertiary/aromatic N) is 1. The first kappa shape index (κ1) is 16.4. The third kappa shape index (κ3) is 4.50. The molecule has 1 heterocycles. The minimum atomic E-state index is -4.51. The molecule has 0 spiro atoms. The minimum Gasteiger partial charge on any atom is -0.418 e. The predicted octanol–water partition coefficient (Wildman–Crippen LogP) is 5.76. The zero-order chi connectivity index (χ0) is 15.6. The molecule has 10 heteroatoms. The Labute approximate surface area is 135 Å². The van der Waals surface area contributed by atoms with Crippen LogP contribution in [0.5, 0.6) is 5.75 Å². The van der Waals surface area contributed by atoms with Crippen molar-refractivity contribution in [3.63, 3.8) is 0 Å². The van der Waals surface area contributed by atoms with Gasteiger partial charge in [-0.05, 0) is 18.2 Å². The van der Waals surface area contributed by atoms with Gasteiger partial charge in [0.05, 0.1) is 5.56 Å². The number of carbonyl (C=O) groups excluding carboxylic acids is 1. The third-order valence-electron chi connectivity index (χ3n) is 2.06. The number of rotatable bonds is 2. The lowest BCUT2D eigenvalue weighted by atomic mass is 10.2. The van der Waals surface area contributed by atoms with E-state index in [0.717, 1.165) is 29.5 Å². The molecule has 0 bridgehead atoms. The van der Waals surface area contributed by atoms with E-state index in [0.29, 0.717) is 11.8 Å². The van der Waals surface area contributed by atoms with Gasteiger partial charge in [0.25, 0.3) is 0 Å². The second-order valence-electron chi connectivity index (χ2n) is 3.52. The van der Waals surface area contributed by atoms with E-state index in [-0.39, 0.29) is 19.6 Å². The van der Waals surface area contributed by atoms with Gasteiger partial charge in [-0.2, -0.15) is 13.2 Å². The molecule has 0 radical (unpaired) electrons. The Hall–Kier alpha value is -0.960. The van der Waals surface area contributed by atoms with Crippen LogP contribution in [0.25, 0.3) is 0 Å². The van der Waals surface area contributed by atoms with Crippen LogP contribution in [0.3, 0.4) is 0 Å². The first-order valence-corrected chi connectivity index (χ1v) is 7.53. The number of carbonyl (C=O) groups is 1. The summed E-state index contributed by atoms with van der Waals surface area (Å²) in [4.78, 5) is 15.4.